The van der Waals surface area contributed by atoms with Crippen LogP contribution in [-0.4, -0.2) is 29.6 Å². The average molecular weight is 235 g/mol. The van der Waals surface area contributed by atoms with E-state index in [1.54, 1.807) is 11.9 Å². The van der Waals surface area contributed by atoms with Gasteiger partial charge in [-0.1, -0.05) is 32.0 Å². The Bertz CT molecular complexity index is 399. The summed E-state index contributed by atoms with van der Waals surface area (Å²) in [7, 11) is 1.71. The first-order valence-corrected chi connectivity index (χ1v) is 5.90. The van der Waals surface area contributed by atoms with E-state index in [4.69, 9.17) is 5.11 Å². The van der Waals surface area contributed by atoms with Crippen LogP contribution in [0.5, 0.6) is 0 Å². The number of benzene rings is 1. The fraction of sp³-hybridized carbons (Fsp3) is 0.500. The van der Waals surface area contributed by atoms with Crippen LogP contribution in [-0.2, 0) is 11.3 Å². The molecule has 1 rings (SSSR count). The van der Waals surface area contributed by atoms with E-state index in [0.717, 1.165) is 5.56 Å². The van der Waals surface area contributed by atoms with E-state index in [0.29, 0.717) is 12.5 Å². The Morgan fingerprint density at radius 3 is 2.59 bits per heavy atom. The predicted molar refractivity (Wildman–Crippen MR) is 68.8 cm³/mol. The van der Waals surface area contributed by atoms with Gasteiger partial charge in [-0.15, -0.1) is 0 Å². The molecule has 0 aliphatic heterocycles. The number of carbonyl (C=O) groups excluding carboxylic acids is 1. The fourth-order valence-electron chi connectivity index (χ4n) is 1.69. The zero-order chi connectivity index (χ0) is 13.0. The number of aryl methyl sites for hydroxylation is 1. The Balaban J connectivity index is 2.89. The van der Waals surface area contributed by atoms with Crippen LogP contribution in [0.3, 0.4) is 0 Å². The van der Waals surface area contributed by atoms with Gasteiger partial charge >= 0.3 is 0 Å². The maximum Gasteiger partial charge on any atom is 0.248 e. The molecule has 0 atom stereocenters. The summed E-state index contributed by atoms with van der Waals surface area (Å²) in [5.74, 6) is 0.229. The summed E-state index contributed by atoms with van der Waals surface area (Å²) in [6.07, 6.45) is 0. The van der Waals surface area contributed by atoms with Crippen molar-refractivity contribution in [3.05, 3.63) is 34.9 Å². The lowest BCUT2D eigenvalue weighted by Gasteiger charge is -2.18. The second-order valence-corrected chi connectivity index (χ2v) is 4.75. The summed E-state index contributed by atoms with van der Waals surface area (Å²) < 4.78 is 0. The van der Waals surface area contributed by atoms with E-state index >= 15 is 0 Å². The molecule has 0 spiro atoms. The first-order valence-electron chi connectivity index (χ1n) is 5.90. The van der Waals surface area contributed by atoms with Crippen LogP contribution < -0.4 is 0 Å². The molecule has 1 amide bonds. The normalized spacial score (nSPS) is 10.7. The third-order valence-corrected chi connectivity index (χ3v) is 3.01. The fourth-order valence-corrected chi connectivity index (χ4v) is 1.69. The van der Waals surface area contributed by atoms with Gasteiger partial charge in [-0.2, -0.15) is 0 Å². The molecule has 0 aliphatic carbocycles. The smallest absolute Gasteiger partial charge is 0.248 e. The van der Waals surface area contributed by atoms with Crippen molar-refractivity contribution >= 4 is 5.91 Å². The molecule has 0 heterocycles. The van der Waals surface area contributed by atoms with Crippen LogP contribution in [0.4, 0.5) is 0 Å². The van der Waals surface area contributed by atoms with Crippen molar-refractivity contribution in [3.8, 4) is 0 Å². The van der Waals surface area contributed by atoms with Gasteiger partial charge in [-0.3, -0.25) is 4.79 Å². The minimum absolute atomic E-state index is 0.251. The van der Waals surface area contributed by atoms with Gasteiger partial charge < -0.3 is 10.0 Å². The molecule has 3 nitrogen and oxygen atoms in total. The molecule has 0 saturated carbocycles. The van der Waals surface area contributed by atoms with Gasteiger partial charge in [0.25, 0.3) is 0 Å². The Morgan fingerprint density at radius 1 is 1.41 bits per heavy atom. The highest BCUT2D eigenvalue weighted by atomic mass is 16.3. The molecule has 0 saturated heterocycles. The standard InChI is InChI=1S/C14H21NO2/c1-10(2)12-6-5-11(3)13(7-12)8-15(4)14(17)9-16/h5-7,10,16H,8-9H2,1-4H3. The second-order valence-electron chi connectivity index (χ2n) is 4.75. The van der Waals surface area contributed by atoms with Crippen LogP contribution in [0.1, 0.15) is 36.5 Å². The number of nitrogens with zero attached hydrogens (tertiary/aromatic N) is 1. The summed E-state index contributed by atoms with van der Waals surface area (Å²) in [5.41, 5.74) is 3.59. The van der Waals surface area contributed by atoms with Crippen LogP contribution >= 0.6 is 0 Å². The zero-order valence-corrected chi connectivity index (χ0v) is 11.0. The van der Waals surface area contributed by atoms with Crippen LogP contribution in [0.15, 0.2) is 18.2 Å². The Morgan fingerprint density at radius 2 is 2.06 bits per heavy atom. The highest BCUT2D eigenvalue weighted by Crippen LogP contribution is 2.19. The van der Waals surface area contributed by atoms with Gasteiger partial charge in [0.2, 0.25) is 5.91 Å². The van der Waals surface area contributed by atoms with Crippen LogP contribution in [0.25, 0.3) is 0 Å². The minimum atomic E-state index is -0.431. The highest BCUT2D eigenvalue weighted by Gasteiger charge is 2.10. The van der Waals surface area contributed by atoms with Crippen molar-refractivity contribution in [3.63, 3.8) is 0 Å². The van der Waals surface area contributed by atoms with Gasteiger partial charge in [-0.25, -0.2) is 0 Å². The first-order chi connectivity index (χ1) is 7.95. The highest BCUT2D eigenvalue weighted by molar-refractivity contribution is 5.76. The third-order valence-electron chi connectivity index (χ3n) is 3.01. The lowest BCUT2D eigenvalue weighted by Crippen LogP contribution is -2.29. The van der Waals surface area contributed by atoms with Gasteiger partial charge in [0.05, 0.1) is 0 Å². The van der Waals surface area contributed by atoms with Crippen LogP contribution in [0, 0.1) is 6.92 Å². The molecule has 17 heavy (non-hydrogen) atoms. The van der Waals surface area contributed by atoms with Crippen molar-refractivity contribution in [1.29, 1.82) is 0 Å². The number of hydrogen-bond acceptors (Lipinski definition) is 2. The Hall–Kier alpha value is -1.35. The molecule has 0 bridgehead atoms. The van der Waals surface area contributed by atoms with E-state index in [1.807, 2.05) is 6.92 Å². The van der Waals surface area contributed by atoms with Crippen molar-refractivity contribution < 1.29 is 9.90 Å². The van der Waals surface area contributed by atoms with Gasteiger partial charge in [-0.05, 0) is 29.5 Å². The molecule has 0 aliphatic rings. The maximum atomic E-state index is 11.3. The molecular formula is C14H21NO2. The quantitative estimate of drug-likeness (QED) is 0.868. The molecular weight excluding hydrogens is 214 g/mol. The summed E-state index contributed by atoms with van der Waals surface area (Å²) >= 11 is 0. The summed E-state index contributed by atoms with van der Waals surface area (Å²) in [6.45, 7) is 6.45. The lowest BCUT2D eigenvalue weighted by molar-refractivity contribution is -0.133. The number of amides is 1. The third kappa shape index (κ3) is 3.56. The SMILES string of the molecule is Cc1ccc(C(C)C)cc1CN(C)C(=O)CO. The molecule has 0 radical (unpaired) electrons. The molecule has 1 N–H and O–H groups in total. The van der Waals surface area contributed by atoms with E-state index < -0.39 is 6.61 Å². The number of rotatable bonds is 4. The number of likely N-dealkylation sites (N-methyl/N-ethyl adjacent to an activating group) is 1. The number of hydrogen-bond donors (Lipinski definition) is 1. The van der Waals surface area contributed by atoms with E-state index in [-0.39, 0.29) is 5.91 Å². The van der Waals surface area contributed by atoms with Gasteiger partial charge in [0, 0.05) is 13.6 Å². The van der Waals surface area contributed by atoms with E-state index in [2.05, 4.69) is 32.0 Å². The molecule has 0 fully saturated rings. The molecule has 1 aromatic rings. The lowest BCUT2D eigenvalue weighted by atomic mass is 9.97. The molecule has 0 unspecified atom stereocenters. The van der Waals surface area contributed by atoms with E-state index in [9.17, 15) is 4.79 Å². The van der Waals surface area contributed by atoms with Gasteiger partial charge in [0.15, 0.2) is 0 Å². The Labute approximate surface area is 103 Å². The largest absolute Gasteiger partial charge is 0.387 e. The summed E-state index contributed by atoms with van der Waals surface area (Å²) in [5, 5.41) is 8.80. The summed E-state index contributed by atoms with van der Waals surface area (Å²) in [4.78, 5) is 12.9. The van der Waals surface area contributed by atoms with Crippen molar-refractivity contribution in [2.24, 2.45) is 0 Å². The van der Waals surface area contributed by atoms with Crippen LogP contribution in [0.2, 0.25) is 0 Å². The predicted octanol–water partition coefficient (Wildman–Crippen LogP) is 2.07. The Kier molecular flexibility index (Phi) is 4.70. The first kappa shape index (κ1) is 13.7. The van der Waals surface area contributed by atoms with Gasteiger partial charge in [0.1, 0.15) is 6.61 Å². The summed E-state index contributed by atoms with van der Waals surface area (Å²) in [6, 6.07) is 6.35. The second kappa shape index (κ2) is 5.82. The van der Waals surface area contributed by atoms with Crippen molar-refractivity contribution in [2.45, 2.75) is 33.2 Å². The minimum Gasteiger partial charge on any atom is -0.387 e. The van der Waals surface area contributed by atoms with E-state index in [1.165, 1.54) is 11.1 Å². The monoisotopic (exact) mass is 235 g/mol. The number of aliphatic hydroxyl groups is 1. The average Bonchev–Trinajstić information content (AvgIpc) is 2.30. The zero-order valence-electron chi connectivity index (χ0n) is 11.0. The topological polar surface area (TPSA) is 40.5 Å². The maximum absolute atomic E-state index is 11.3. The molecule has 3 heteroatoms. The molecule has 0 aromatic heterocycles. The molecule has 94 valence electrons. The van der Waals surface area contributed by atoms with Crippen molar-refractivity contribution in [1.82, 2.24) is 4.90 Å². The molecule has 1 aromatic carbocycles. The number of aliphatic hydroxyl groups excluding tert-OH is 1. The number of carbonyl (C=O) groups is 1. The van der Waals surface area contributed by atoms with Crippen molar-refractivity contribution in [2.75, 3.05) is 13.7 Å².